The monoisotopic (exact) mass is 522 g/mol. The van der Waals surface area contributed by atoms with Crippen LogP contribution in [0.2, 0.25) is 0 Å². The molecule has 1 saturated heterocycles. The summed E-state index contributed by atoms with van der Waals surface area (Å²) in [6.07, 6.45) is 10.8. The molecule has 8 nitrogen and oxygen atoms in total. The standard InChI is InChI=1S/C21H30N8.HI/c1-3-23-21(27-13-9-17(2)18(15-27)28-14-11-22-16-28)24-10-6-8-20-26-25-19-7-4-5-12-29(19)20;/h4-5,7,11-12,14,16-18H,3,6,8-10,13,15H2,1-2H3,(H,23,24);1H. The van der Waals surface area contributed by atoms with E-state index in [2.05, 4.69) is 54.4 Å². The van der Waals surface area contributed by atoms with Gasteiger partial charge in [0, 0.05) is 51.2 Å². The lowest BCUT2D eigenvalue weighted by atomic mass is 9.93. The maximum absolute atomic E-state index is 4.91. The molecular weight excluding hydrogens is 491 g/mol. The molecule has 0 bridgehead atoms. The van der Waals surface area contributed by atoms with E-state index in [1.807, 2.05) is 36.9 Å². The fourth-order valence-corrected chi connectivity index (χ4v) is 4.00. The van der Waals surface area contributed by atoms with E-state index in [1.165, 1.54) is 0 Å². The van der Waals surface area contributed by atoms with E-state index < -0.39 is 0 Å². The number of guanidine groups is 1. The Kier molecular flexibility index (Phi) is 8.06. The van der Waals surface area contributed by atoms with E-state index in [4.69, 9.17) is 4.99 Å². The molecule has 0 aliphatic carbocycles. The first kappa shape index (κ1) is 22.5. The van der Waals surface area contributed by atoms with Crippen LogP contribution < -0.4 is 5.32 Å². The molecule has 4 heterocycles. The fourth-order valence-electron chi connectivity index (χ4n) is 4.00. The Hall–Kier alpha value is -2.17. The topological polar surface area (TPSA) is 75.6 Å². The number of aromatic nitrogens is 5. The van der Waals surface area contributed by atoms with Crippen LogP contribution in [0, 0.1) is 5.92 Å². The van der Waals surface area contributed by atoms with Crippen LogP contribution in [0.5, 0.6) is 0 Å². The van der Waals surface area contributed by atoms with Crippen LogP contribution in [0.25, 0.3) is 5.65 Å². The Labute approximate surface area is 194 Å². The molecule has 0 spiro atoms. The first-order valence-electron chi connectivity index (χ1n) is 10.6. The summed E-state index contributed by atoms with van der Waals surface area (Å²) >= 11 is 0. The highest BCUT2D eigenvalue weighted by atomic mass is 127. The summed E-state index contributed by atoms with van der Waals surface area (Å²) in [4.78, 5) is 11.5. The molecule has 2 atom stereocenters. The van der Waals surface area contributed by atoms with Crippen molar-refractivity contribution in [1.82, 2.24) is 34.4 Å². The van der Waals surface area contributed by atoms with Crippen molar-refractivity contribution < 1.29 is 0 Å². The molecule has 30 heavy (non-hydrogen) atoms. The van der Waals surface area contributed by atoms with Crippen molar-refractivity contribution in [3.05, 3.63) is 48.9 Å². The predicted molar refractivity (Wildman–Crippen MR) is 129 cm³/mol. The van der Waals surface area contributed by atoms with Crippen LogP contribution >= 0.6 is 24.0 Å². The number of aryl methyl sites for hydroxylation is 1. The second kappa shape index (κ2) is 10.7. The Bertz CT molecular complexity index is 936. The third-order valence-corrected chi connectivity index (χ3v) is 5.67. The van der Waals surface area contributed by atoms with E-state index in [9.17, 15) is 0 Å². The number of fused-ring (bicyclic) bond motifs is 1. The first-order valence-corrected chi connectivity index (χ1v) is 10.6. The molecule has 3 aromatic rings. The Balaban J connectivity index is 0.00000256. The van der Waals surface area contributed by atoms with Crippen molar-refractivity contribution in [2.24, 2.45) is 10.9 Å². The van der Waals surface area contributed by atoms with Crippen molar-refractivity contribution in [2.75, 3.05) is 26.2 Å². The number of piperidine rings is 1. The normalized spacial score (nSPS) is 19.7. The summed E-state index contributed by atoms with van der Waals surface area (Å²) in [6, 6.07) is 6.40. The van der Waals surface area contributed by atoms with Crippen LogP contribution in [-0.4, -0.2) is 61.2 Å². The maximum atomic E-state index is 4.91. The van der Waals surface area contributed by atoms with Gasteiger partial charge in [0.05, 0.1) is 12.4 Å². The zero-order valence-corrected chi connectivity index (χ0v) is 20.0. The van der Waals surface area contributed by atoms with Gasteiger partial charge in [-0.15, -0.1) is 34.2 Å². The van der Waals surface area contributed by atoms with Gasteiger partial charge >= 0.3 is 0 Å². The van der Waals surface area contributed by atoms with Gasteiger partial charge in [-0.25, -0.2) is 4.98 Å². The number of hydrogen-bond acceptors (Lipinski definition) is 4. The maximum Gasteiger partial charge on any atom is 0.193 e. The molecule has 2 unspecified atom stereocenters. The third-order valence-electron chi connectivity index (χ3n) is 5.67. The summed E-state index contributed by atoms with van der Waals surface area (Å²) in [5.74, 6) is 2.63. The zero-order chi connectivity index (χ0) is 20.1. The van der Waals surface area contributed by atoms with Crippen molar-refractivity contribution >= 4 is 35.6 Å². The minimum absolute atomic E-state index is 0. The fraction of sp³-hybridized carbons (Fsp3) is 0.524. The smallest absolute Gasteiger partial charge is 0.193 e. The lowest BCUT2D eigenvalue weighted by molar-refractivity contribution is 0.189. The molecule has 0 radical (unpaired) electrons. The lowest BCUT2D eigenvalue weighted by Crippen LogP contribution is -2.49. The molecule has 3 aromatic heterocycles. The summed E-state index contributed by atoms with van der Waals surface area (Å²) in [7, 11) is 0. The van der Waals surface area contributed by atoms with E-state index >= 15 is 0 Å². The number of hydrogen-bond donors (Lipinski definition) is 1. The van der Waals surface area contributed by atoms with Gasteiger partial charge in [0.2, 0.25) is 0 Å². The zero-order valence-electron chi connectivity index (χ0n) is 17.7. The lowest BCUT2D eigenvalue weighted by Gasteiger charge is -2.39. The molecule has 1 N–H and O–H groups in total. The highest BCUT2D eigenvalue weighted by molar-refractivity contribution is 14.0. The van der Waals surface area contributed by atoms with Gasteiger partial charge in [-0.2, -0.15) is 0 Å². The van der Waals surface area contributed by atoms with Gasteiger partial charge in [-0.3, -0.25) is 9.39 Å². The first-order chi connectivity index (χ1) is 14.3. The summed E-state index contributed by atoms with van der Waals surface area (Å²) in [6.45, 7) is 8.08. The van der Waals surface area contributed by atoms with Crippen molar-refractivity contribution in [3.8, 4) is 0 Å². The minimum Gasteiger partial charge on any atom is -0.357 e. The molecule has 0 aromatic carbocycles. The molecule has 1 aliphatic heterocycles. The predicted octanol–water partition coefficient (Wildman–Crippen LogP) is 3.03. The number of rotatable bonds is 6. The number of nitrogens with zero attached hydrogens (tertiary/aromatic N) is 7. The van der Waals surface area contributed by atoms with Crippen LogP contribution in [0.1, 0.15) is 38.6 Å². The summed E-state index contributed by atoms with van der Waals surface area (Å²) in [5.41, 5.74) is 0.896. The largest absolute Gasteiger partial charge is 0.357 e. The summed E-state index contributed by atoms with van der Waals surface area (Å²) in [5, 5.41) is 12.0. The van der Waals surface area contributed by atoms with Crippen LogP contribution in [0.15, 0.2) is 48.1 Å². The minimum atomic E-state index is 0. The van der Waals surface area contributed by atoms with E-state index in [-0.39, 0.29) is 24.0 Å². The van der Waals surface area contributed by atoms with Gasteiger partial charge in [0.25, 0.3) is 0 Å². The average molecular weight is 522 g/mol. The van der Waals surface area contributed by atoms with Gasteiger partial charge in [0.15, 0.2) is 11.6 Å². The third kappa shape index (κ3) is 5.11. The molecular formula is C21H31IN8. The van der Waals surface area contributed by atoms with Gasteiger partial charge in [-0.05, 0) is 37.8 Å². The molecule has 9 heteroatoms. The Morgan fingerprint density at radius 1 is 1.27 bits per heavy atom. The van der Waals surface area contributed by atoms with Crippen LogP contribution in [0.3, 0.4) is 0 Å². The van der Waals surface area contributed by atoms with Crippen molar-refractivity contribution in [3.63, 3.8) is 0 Å². The number of nitrogens with one attached hydrogen (secondary N) is 1. The quantitative estimate of drug-likeness (QED) is 0.233. The molecule has 0 saturated carbocycles. The number of pyridine rings is 1. The number of likely N-dealkylation sites (tertiary alicyclic amines) is 1. The Morgan fingerprint density at radius 2 is 2.17 bits per heavy atom. The molecule has 162 valence electrons. The van der Waals surface area contributed by atoms with Gasteiger partial charge in [0.1, 0.15) is 5.82 Å². The molecule has 1 fully saturated rings. The van der Waals surface area contributed by atoms with E-state index in [0.29, 0.717) is 12.0 Å². The molecule has 4 rings (SSSR count). The highest BCUT2D eigenvalue weighted by Crippen LogP contribution is 2.27. The number of aliphatic imine (C=N–C) groups is 1. The van der Waals surface area contributed by atoms with Crippen LogP contribution in [-0.2, 0) is 6.42 Å². The van der Waals surface area contributed by atoms with Crippen molar-refractivity contribution in [2.45, 2.75) is 39.2 Å². The molecule has 0 amide bonds. The second-order valence-electron chi connectivity index (χ2n) is 7.67. The summed E-state index contributed by atoms with van der Waals surface area (Å²) < 4.78 is 4.29. The van der Waals surface area contributed by atoms with Gasteiger partial charge in [-0.1, -0.05) is 13.0 Å². The van der Waals surface area contributed by atoms with E-state index in [0.717, 1.165) is 62.9 Å². The SMILES string of the molecule is CCNC(=NCCCc1nnc2ccccn12)N1CCC(C)C(n2ccnc2)C1.I. The number of imidazole rings is 1. The number of halogens is 1. The average Bonchev–Trinajstić information content (AvgIpc) is 3.41. The van der Waals surface area contributed by atoms with Crippen molar-refractivity contribution in [1.29, 1.82) is 0 Å². The molecule has 1 aliphatic rings. The second-order valence-corrected chi connectivity index (χ2v) is 7.67. The van der Waals surface area contributed by atoms with Crippen LogP contribution in [0.4, 0.5) is 0 Å². The van der Waals surface area contributed by atoms with E-state index in [1.54, 1.807) is 0 Å². The van der Waals surface area contributed by atoms with Gasteiger partial charge < -0.3 is 14.8 Å². The highest BCUT2D eigenvalue weighted by Gasteiger charge is 2.28. The Morgan fingerprint density at radius 3 is 2.97 bits per heavy atom.